The van der Waals surface area contributed by atoms with Gasteiger partial charge in [-0.2, -0.15) is 0 Å². The van der Waals surface area contributed by atoms with E-state index in [9.17, 15) is 9.90 Å². The van der Waals surface area contributed by atoms with E-state index in [0.717, 1.165) is 0 Å². The molecule has 0 saturated heterocycles. The Labute approximate surface area is 107 Å². The summed E-state index contributed by atoms with van der Waals surface area (Å²) in [7, 11) is 0. The van der Waals surface area contributed by atoms with E-state index in [-0.39, 0.29) is 5.91 Å². The number of rotatable bonds is 5. The molecule has 1 amide bonds. The fraction of sp³-hybridized carbons (Fsp3) is 0.462. The molecule has 0 unspecified atom stereocenters. The Kier molecular flexibility index (Phi) is 4.55. The quantitative estimate of drug-likeness (QED) is 0.592. The molecule has 0 radical (unpaired) electrons. The first-order valence-electron chi connectivity index (χ1n) is 5.97. The second-order valence-corrected chi connectivity index (χ2v) is 4.83. The molecule has 0 spiro atoms. The highest BCUT2D eigenvalue weighted by Gasteiger charge is 2.15. The van der Waals surface area contributed by atoms with Crippen molar-refractivity contribution in [2.75, 3.05) is 24.1 Å². The number of anilines is 2. The summed E-state index contributed by atoms with van der Waals surface area (Å²) in [6.45, 7) is 6.15. The molecule has 1 aromatic carbocycles. The number of nitrogens with one attached hydrogen (secondary N) is 2. The van der Waals surface area contributed by atoms with Crippen LogP contribution in [0.15, 0.2) is 18.2 Å². The van der Waals surface area contributed by atoms with Gasteiger partial charge in [0.1, 0.15) is 0 Å². The second-order valence-electron chi connectivity index (χ2n) is 4.83. The fourth-order valence-electron chi connectivity index (χ4n) is 1.47. The zero-order valence-electron chi connectivity index (χ0n) is 11.1. The van der Waals surface area contributed by atoms with Crippen molar-refractivity contribution in [2.24, 2.45) is 0 Å². The molecule has 5 heteroatoms. The third-order valence-corrected chi connectivity index (χ3v) is 2.34. The van der Waals surface area contributed by atoms with Crippen molar-refractivity contribution < 1.29 is 9.90 Å². The summed E-state index contributed by atoms with van der Waals surface area (Å²) < 4.78 is 0. The Balaban J connectivity index is 2.93. The van der Waals surface area contributed by atoms with Crippen molar-refractivity contribution in [3.8, 4) is 0 Å². The highest BCUT2D eigenvalue weighted by Crippen LogP contribution is 2.20. The Morgan fingerprint density at radius 3 is 2.67 bits per heavy atom. The minimum atomic E-state index is -0.858. The zero-order valence-corrected chi connectivity index (χ0v) is 11.1. The average Bonchev–Trinajstić information content (AvgIpc) is 2.25. The van der Waals surface area contributed by atoms with E-state index in [4.69, 9.17) is 5.73 Å². The lowest BCUT2D eigenvalue weighted by molar-refractivity contribution is 0.0931. The number of aliphatic hydroxyl groups is 1. The van der Waals surface area contributed by atoms with Crippen LogP contribution in [0, 0.1) is 0 Å². The lowest BCUT2D eigenvalue weighted by atomic mass is 10.1. The molecular formula is C13H21N3O2. The molecule has 0 atom stereocenters. The van der Waals surface area contributed by atoms with E-state index < -0.39 is 5.60 Å². The van der Waals surface area contributed by atoms with Crippen LogP contribution in [0.5, 0.6) is 0 Å². The lowest BCUT2D eigenvalue weighted by Gasteiger charge is -2.20. The minimum absolute atomic E-state index is 0.157. The van der Waals surface area contributed by atoms with Crippen LogP contribution < -0.4 is 16.4 Å². The van der Waals surface area contributed by atoms with E-state index in [1.165, 1.54) is 0 Å². The molecule has 0 heterocycles. The van der Waals surface area contributed by atoms with Gasteiger partial charge in [-0.3, -0.25) is 4.79 Å². The maximum atomic E-state index is 11.8. The molecule has 1 aromatic rings. The van der Waals surface area contributed by atoms with Crippen LogP contribution in [0.3, 0.4) is 0 Å². The van der Waals surface area contributed by atoms with Crippen LogP contribution >= 0.6 is 0 Å². The molecule has 0 aliphatic carbocycles. The van der Waals surface area contributed by atoms with Gasteiger partial charge in [-0.25, -0.2) is 0 Å². The smallest absolute Gasteiger partial charge is 0.253 e. The standard InChI is InChI=1S/C13H21N3O2/c1-4-15-12(17)10-6-5-9(14)7-11(10)16-8-13(2,3)18/h5-7,16,18H,4,8,14H2,1-3H3,(H,15,17). The molecule has 0 fully saturated rings. The van der Waals surface area contributed by atoms with Gasteiger partial charge >= 0.3 is 0 Å². The van der Waals surface area contributed by atoms with Gasteiger partial charge in [-0.05, 0) is 39.0 Å². The first kappa shape index (κ1) is 14.3. The molecule has 0 aliphatic heterocycles. The normalized spacial score (nSPS) is 11.1. The number of benzene rings is 1. The fourth-order valence-corrected chi connectivity index (χ4v) is 1.47. The molecule has 5 nitrogen and oxygen atoms in total. The van der Waals surface area contributed by atoms with Gasteiger partial charge in [-0.15, -0.1) is 0 Å². The largest absolute Gasteiger partial charge is 0.399 e. The van der Waals surface area contributed by atoms with Crippen LogP contribution in [-0.2, 0) is 0 Å². The first-order chi connectivity index (χ1) is 8.33. The van der Waals surface area contributed by atoms with Crippen molar-refractivity contribution in [3.63, 3.8) is 0 Å². The van der Waals surface area contributed by atoms with Gasteiger partial charge in [-0.1, -0.05) is 0 Å². The van der Waals surface area contributed by atoms with Crippen LogP contribution in [0.4, 0.5) is 11.4 Å². The monoisotopic (exact) mass is 251 g/mol. The van der Waals surface area contributed by atoms with Crippen molar-refractivity contribution in [1.29, 1.82) is 0 Å². The van der Waals surface area contributed by atoms with E-state index in [2.05, 4.69) is 10.6 Å². The highest BCUT2D eigenvalue weighted by atomic mass is 16.3. The molecule has 18 heavy (non-hydrogen) atoms. The van der Waals surface area contributed by atoms with Crippen LogP contribution in [0.25, 0.3) is 0 Å². The van der Waals surface area contributed by atoms with E-state index in [1.807, 2.05) is 6.92 Å². The molecule has 0 bridgehead atoms. The molecular weight excluding hydrogens is 230 g/mol. The lowest BCUT2D eigenvalue weighted by Crippen LogP contribution is -2.31. The first-order valence-corrected chi connectivity index (χ1v) is 5.97. The van der Waals surface area contributed by atoms with Crippen molar-refractivity contribution in [2.45, 2.75) is 26.4 Å². The summed E-state index contributed by atoms with van der Waals surface area (Å²) >= 11 is 0. The van der Waals surface area contributed by atoms with E-state index >= 15 is 0 Å². The highest BCUT2D eigenvalue weighted by molar-refractivity contribution is 6.00. The van der Waals surface area contributed by atoms with Crippen molar-refractivity contribution in [1.82, 2.24) is 5.32 Å². The van der Waals surface area contributed by atoms with Crippen LogP contribution in [0.1, 0.15) is 31.1 Å². The Morgan fingerprint density at radius 1 is 1.44 bits per heavy atom. The van der Waals surface area contributed by atoms with Gasteiger partial charge in [0.25, 0.3) is 5.91 Å². The zero-order chi connectivity index (χ0) is 13.8. The third-order valence-electron chi connectivity index (χ3n) is 2.34. The van der Waals surface area contributed by atoms with E-state index in [0.29, 0.717) is 30.0 Å². The van der Waals surface area contributed by atoms with E-state index in [1.54, 1.807) is 32.0 Å². The maximum Gasteiger partial charge on any atom is 0.253 e. The molecule has 100 valence electrons. The summed E-state index contributed by atoms with van der Waals surface area (Å²) in [5.74, 6) is -0.157. The third kappa shape index (κ3) is 4.25. The number of nitrogens with two attached hydrogens (primary N) is 1. The molecule has 0 aliphatic rings. The molecule has 5 N–H and O–H groups in total. The SMILES string of the molecule is CCNC(=O)c1ccc(N)cc1NCC(C)(C)O. The Morgan fingerprint density at radius 2 is 2.11 bits per heavy atom. The van der Waals surface area contributed by atoms with Crippen LogP contribution in [0.2, 0.25) is 0 Å². The maximum absolute atomic E-state index is 11.8. The number of carbonyl (C=O) groups is 1. The van der Waals surface area contributed by atoms with Gasteiger partial charge in [0, 0.05) is 24.5 Å². The van der Waals surface area contributed by atoms with Crippen molar-refractivity contribution >= 4 is 17.3 Å². The summed E-state index contributed by atoms with van der Waals surface area (Å²) in [6, 6.07) is 5.04. The predicted octanol–water partition coefficient (Wildman–Crippen LogP) is 1.20. The Bertz CT molecular complexity index is 425. The number of carbonyl (C=O) groups excluding carboxylic acids is 1. The van der Waals surface area contributed by atoms with Gasteiger partial charge in [0.2, 0.25) is 0 Å². The second kappa shape index (κ2) is 5.73. The van der Waals surface area contributed by atoms with Gasteiger partial charge in [0.15, 0.2) is 0 Å². The summed E-state index contributed by atoms with van der Waals surface area (Å²) in [4.78, 5) is 11.8. The number of hydrogen-bond donors (Lipinski definition) is 4. The van der Waals surface area contributed by atoms with Crippen LogP contribution in [-0.4, -0.2) is 29.7 Å². The molecule has 1 rings (SSSR count). The summed E-state index contributed by atoms with van der Waals surface area (Å²) in [5.41, 5.74) is 6.57. The van der Waals surface area contributed by atoms with Gasteiger partial charge < -0.3 is 21.5 Å². The Hall–Kier alpha value is -1.75. The summed E-state index contributed by atoms with van der Waals surface area (Å²) in [6.07, 6.45) is 0. The van der Waals surface area contributed by atoms with Crippen molar-refractivity contribution in [3.05, 3.63) is 23.8 Å². The number of hydrogen-bond acceptors (Lipinski definition) is 4. The predicted molar refractivity (Wildman–Crippen MR) is 73.6 cm³/mol. The number of amides is 1. The topological polar surface area (TPSA) is 87.4 Å². The molecule has 0 saturated carbocycles. The summed E-state index contributed by atoms with van der Waals surface area (Å²) in [5, 5.41) is 15.5. The molecule has 0 aromatic heterocycles. The van der Waals surface area contributed by atoms with Gasteiger partial charge in [0.05, 0.1) is 11.2 Å². The minimum Gasteiger partial charge on any atom is -0.399 e. The number of nitrogen functional groups attached to an aromatic ring is 1. The average molecular weight is 251 g/mol.